The average molecular weight is 133 g/mol. The summed E-state index contributed by atoms with van der Waals surface area (Å²) in [4.78, 5) is 0. The van der Waals surface area contributed by atoms with Gasteiger partial charge in [-0.1, -0.05) is 23.7 Å². The van der Waals surface area contributed by atoms with Gasteiger partial charge in [-0.2, -0.15) is 24.6 Å². The van der Waals surface area contributed by atoms with Crippen LogP contribution in [-0.2, 0) is 0 Å². The summed E-state index contributed by atoms with van der Waals surface area (Å²) in [5, 5.41) is 0.761. The normalized spacial score (nSPS) is 8.11. The van der Waals surface area contributed by atoms with Gasteiger partial charge in [-0.05, 0) is 0 Å². The first-order valence-corrected chi connectivity index (χ1v) is 2.74. The van der Waals surface area contributed by atoms with Crippen LogP contribution in [0.5, 0.6) is 0 Å². The van der Waals surface area contributed by atoms with Gasteiger partial charge < -0.3 is 0 Å². The summed E-state index contributed by atoms with van der Waals surface area (Å²) in [5.74, 6) is 0. The molecule has 0 atom stereocenters. The molecule has 0 aliphatic heterocycles. The summed E-state index contributed by atoms with van der Waals surface area (Å²) < 4.78 is 0. The van der Waals surface area contributed by atoms with Gasteiger partial charge >= 0.3 is 18.9 Å². The van der Waals surface area contributed by atoms with Crippen LogP contribution < -0.4 is 18.9 Å². The van der Waals surface area contributed by atoms with Gasteiger partial charge in [-0.15, -0.1) is 0 Å². The molecule has 0 fully saturated rings. The molecule has 0 N–H and O–H groups in total. The van der Waals surface area contributed by atoms with Crippen molar-refractivity contribution in [3.8, 4) is 0 Å². The number of rotatable bonds is 0. The van der Waals surface area contributed by atoms with Crippen LogP contribution >= 0.6 is 11.6 Å². The molecule has 1 rings (SSSR count). The third kappa shape index (κ3) is 2.86. The molecule has 0 amide bonds. The molecule has 0 radical (unpaired) electrons. The number of hydrogen-bond donors (Lipinski definition) is 0. The second kappa shape index (κ2) is 3.90. The van der Waals surface area contributed by atoms with Gasteiger partial charge in [-0.3, -0.25) is 0 Å². The first-order valence-electron chi connectivity index (χ1n) is 2.36. The van der Waals surface area contributed by atoms with Crippen LogP contribution in [0.25, 0.3) is 0 Å². The van der Waals surface area contributed by atoms with Gasteiger partial charge in [0, 0.05) is 5.02 Å². The first kappa shape index (κ1) is 8.98. The van der Waals surface area contributed by atoms with Crippen molar-refractivity contribution in [2.24, 2.45) is 0 Å². The Balaban J connectivity index is 0.000000640. The molecule has 9 heavy (non-hydrogen) atoms. The van der Waals surface area contributed by atoms with Crippen LogP contribution in [-0.4, -0.2) is 0 Å². The summed E-state index contributed by atoms with van der Waals surface area (Å²) >= 11 is 5.58. The summed E-state index contributed by atoms with van der Waals surface area (Å²) in [6.45, 7) is 3.70. The number of halogens is 1. The maximum absolute atomic E-state index is 5.58. The Morgan fingerprint density at radius 1 is 1.11 bits per heavy atom. The van der Waals surface area contributed by atoms with Crippen LogP contribution in [0.1, 0.15) is 5.56 Å². The van der Waals surface area contributed by atoms with E-state index in [9.17, 15) is 0 Å². The molecule has 0 spiro atoms. The second-order valence-electron chi connectivity index (χ2n) is 1.63. The van der Waals surface area contributed by atoms with Crippen LogP contribution in [0.4, 0.5) is 0 Å². The third-order valence-corrected chi connectivity index (χ3v) is 1.17. The monoisotopic (exact) mass is 132 g/mol. The predicted molar refractivity (Wildman–Crippen MR) is 35.9 cm³/mol. The standard InChI is InChI=1S/C7H6Cl.Li/c1-6-2-4-7(8)5-3-6;/h2-5H,1H2;/q-1;+1. The largest absolute Gasteiger partial charge is 1.00 e. The number of benzene rings is 1. The summed E-state index contributed by atoms with van der Waals surface area (Å²) in [6, 6.07) is 7.40. The Morgan fingerprint density at radius 2 is 1.56 bits per heavy atom. The molecule has 0 unspecified atom stereocenters. The Morgan fingerprint density at radius 3 is 1.89 bits per heavy atom. The Kier molecular flexibility index (Phi) is 3.89. The van der Waals surface area contributed by atoms with Crippen LogP contribution in [0, 0.1) is 6.92 Å². The molecule has 0 bridgehead atoms. The van der Waals surface area contributed by atoms with E-state index in [1.54, 1.807) is 0 Å². The van der Waals surface area contributed by atoms with Crippen molar-refractivity contribution in [1.82, 2.24) is 0 Å². The van der Waals surface area contributed by atoms with Crippen molar-refractivity contribution in [3.05, 3.63) is 41.8 Å². The van der Waals surface area contributed by atoms with Gasteiger partial charge in [0.15, 0.2) is 0 Å². The fourth-order valence-corrected chi connectivity index (χ4v) is 0.610. The fourth-order valence-electron chi connectivity index (χ4n) is 0.484. The minimum Gasteiger partial charge on any atom is -0.199 e. The molecule has 0 nitrogen and oxygen atoms in total. The van der Waals surface area contributed by atoms with Gasteiger partial charge in [0.2, 0.25) is 0 Å². The number of hydrogen-bond acceptors (Lipinski definition) is 0. The average Bonchev–Trinajstić information content (AvgIpc) is 1.77. The summed E-state index contributed by atoms with van der Waals surface area (Å²) in [6.07, 6.45) is 0. The van der Waals surface area contributed by atoms with E-state index in [1.165, 1.54) is 0 Å². The minimum absolute atomic E-state index is 0. The van der Waals surface area contributed by atoms with Crippen LogP contribution in [0.3, 0.4) is 0 Å². The molecule has 1 aromatic rings. The Bertz CT molecular complexity index is 148. The second-order valence-corrected chi connectivity index (χ2v) is 2.06. The van der Waals surface area contributed by atoms with Gasteiger partial charge in [0.1, 0.15) is 0 Å². The molecule has 0 aromatic heterocycles. The minimum atomic E-state index is 0. The van der Waals surface area contributed by atoms with E-state index in [0.29, 0.717) is 0 Å². The third-order valence-electron chi connectivity index (χ3n) is 0.913. The summed E-state index contributed by atoms with van der Waals surface area (Å²) in [7, 11) is 0. The molecule has 2 heteroatoms. The van der Waals surface area contributed by atoms with E-state index in [2.05, 4.69) is 6.92 Å². The van der Waals surface area contributed by atoms with E-state index >= 15 is 0 Å². The van der Waals surface area contributed by atoms with Crippen molar-refractivity contribution in [2.45, 2.75) is 0 Å². The van der Waals surface area contributed by atoms with E-state index in [4.69, 9.17) is 11.6 Å². The van der Waals surface area contributed by atoms with Crippen molar-refractivity contribution >= 4 is 11.6 Å². The molecular formula is C7H6ClLi. The molecule has 42 valence electrons. The van der Waals surface area contributed by atoms with Gasteiger partial charge in [0.25, 0.3) is 0 Å². The zero-order chi connectivity index (χ0) is 5.98. The van der Waals surface area contributed by atoms with Gasteiger partial charge in [-0.25, -0.2) is 0 Å². The van der Waals surface area contributed by atoms with Gasteiger partial charge in [0.05, 0.1) is 0 Å². The van der Waals surface area contributed by atoms with E-state index in [1.807, 2.05) is 24.3 Å². The van der Waals surface area contributed by atoms with Crippen molar-refractivity contribution in [1.29, 1.82) is 0 Å². The van der Waals surface area contributed by atoms with Crippen molar-refractivity contribution in [3.63, 3.8) is 0 Å². The van der Waals surface area contributed by atoms with Crippen LogP contribution in [0.2, 0.25) is 5.02 Å². The predicted octanol–water partition coefficient (Wildman–Crippen LogP) is -0.474. The molecule has 0 heterocycles. The van der Waals surface area contributed by atoms with E-state index in [0.717, 1.165) is 10.6 Å². The maximum Gasteiger partial charge on any atom is 1.00 e. The Hall–Kier alpha value is -0.0226. The zero-order valence-corrected chi connectivity index (χ0v) is 6.15. The van der Waals surface area contributed by atoms with Crippen molar-refractivity contribution in [2.75, 3.05) is 0 Å². The SMILES string of the molecule is [CH2-]c1ccc(Cl)cc1.[Li+]. The molecule has 1 aromatic carbocycles. The summed E-state index contributed by atoms with van der Waals surface area (Å²) in [5.41, 5.74) is 0.995. The molecule has 0 aliphatic carbocycles. The first-order chi connectivity index (χ1) is 3.79. The molecule has 0 saturated carbocycles. The fraction of sp³-hybridized carbons (Fsp3) is 0. The maximum atomic E-state index is 5.58. The Labute approximate surface area is 72.4 Å². The molecule has 0 aliphatic rings. The van der Waals surface area contributed by atoms with Crippen molar-refractivity contribution < 1.29 is 18.9 Å². The van der Waals surface area contributed by atoms with E-state index in [-0.39, 0.29) is 18.9 Å². The van der Waals surface area contributed by atoms with E-state index < -0.39 is 0 Å². The smallest absolute Gasteiger partial charge is 0.199 e. The zero-order valence-electron chi connectivity index (χ0n) is 5.39. The topological polar surface area (TPSA) is 0 Å². The molecular weight excluding hydrogens is 126 g/mol. The quantitative estimate of drug-likeness (QED) is 0.331. The van der Waals surface area contributed by atoms with Crippen LogP contribution in [0.15, 0.2) is 24.3 Å². The molecule has 0 saturated heterocycles.